The average molecular weight is 116 g/mol. The van der Waals surface area contributed by atoms with Crippen LogP contribution in [0.1, 0.15) is 6.92 Å². The molecule has 0 aliphatic carbocycles. The van der Waals surface area contributed by atoms with Gasteiger partial charge in [-0.05, 0) is 6.92 Å². The third-order valence-electron chi connectivity index (χ3n) is 0.533. The van der Waals surface area contributed by atoms with Gasteiger partial charge < -0.3 is 14.3 Å². The largest absolute Gasteiger partial charge is 0.709 e. The lowest BCUT2D eigenvalue weighted by Gasteiger charge is -1.98. The van der Waals surface area contributed by atoms with Crippen LogP contribution in [0.2, 0.25) is 0 Å². The summed E-state index contributed by atoms with van der Waals surface area (Å²) in [6.07, 6.45) is 3.01. The first-order chi connectivity index (χ1) is 3.81. The van der Waals surface area contributed by atoms with E-state index in [0.717, 1.165) is 0 Å². The summed E-state index contributed by atoms with van der Waals surface area (Å²) in [4.78, 5) is 0. The summed E-state index contributed by atoms with van der Waals surface area (Å²) in [5.74, 6) is 0. The molecule has 0 saturated carbocycles. The van der Waals surface area contributed by atoms with Crippen LogP contribution in [0.3, 0.4) is 0 Å². The van der Waals surface area contributed by atoms with E-state index >= 15 is 0 Å². The van der Waals surface area contributed by atoms with Crippen LogP contribution in [-0.2, 0) is 9.31 Å². The summed E-state index contributed by atoms with van der Waals surface area (Å²) in [7, 11) is 0.222. The second kappa shape index (κ2) is 4.68. The highest BCUT2D eigenvalue weighted by atomic mass is 16.7. The van der Waals surface area contributed by atoms with Gasteiger partial charge in [-0.25, -0.2) is 0 Å². The van der Waals surface area contributed by atoms with Crippen molar-refractivity contribution >= 4 is 7.32 Å². The molecule has 0 amide bonds. The minimum atomic E-state index is -1.13. The molecule has 0 heterocycles. The molecule has 0 unspecified atom stereocenters. The molecule has 8 heavy (non-hydrogen) atoms. The van der Waals surface area contributed by atoms with Gasteiger partial charge in [0.2, 0.25) is 0 Å². The Labute approximate surface area is 49.1 Å². The Bertz CT molecular complexity index is 73.7. The zero-order valence-electron chi connectivity index (χ0n) is 5.00. The van der Waals surface area contributed by atoms with Crippen molar-refractivity contribution in [2.24, 2.45) is 0 Å². The normalized spacial score (nSPS) is 9.88. The van der Waals surface area contributed by atoms with Crippen LogP contribution in [0.5, 0.6) is 0 Å². The molecule has 0 aromatic carbocycles. The van der Waals surface area contributed by atoms with Crippen molar-refractivity contribution in [3.05, 3.63) is 12.3 Å². The molecule has 0 aromatic rings. The number of rotatable bonds is 3. The Hall–Kier alpha value is -0.475. The molecule has 0 radical (unpaired) electrons. The Kier molecular flexibility index (Phi) is 4.40. The first-order valence-corrected chi connectivity index (χ1v) is 2.28. The molecule has 1 N–H and O–H groups in total. The van der Waals surface area contributed by atoms with E-state index in [1.165, 1.54) is 13.4 Å². The molecule has 0 aliphatic heterocycles. The highest BCUT2D eigenvalue weighted by molar-refractivity contribution is 6.34. The van der Waals surface area contributed by atoms with Gasteiger partial charge in [-0.2, -0.15) is 0 Å². The maximum absolute atomic E-state index is 8.49. The first kappa shape index (κ1) is 7.52. The molecule has 4 heteroatoms. The van der Waals surface area contributed by atoms with E-state index in [1.807, 2.05) is 0 Å². The van der Waals surface area contributed by atoms with Crippen LogP contribution in [0, 0.1) is 0 Å². The fourth-order valence-corrected chi connectivity index (χ4v) is 0.201. The van der Waals surface area contributed by atoms with Crippen molar-refractivity contribution in [1.82, 2.24) is 0 Å². The minimum Gasteiger partial charge on any atom is -0.519 e. The van der Waals surface area contributed by atoms with Crippen molar-refractivity contribution in [2.75, 3.05) is 7.11 Å². The molecule has 0 fully saturated rings. The second-order valence-corrected chi connectivity index (χ2v) is 1.15. The molecule has 0 aromatic heterocycles. The lowest BCUT2D eigenvalue weighted by atomic mass is 10.2. The van der Waals surface area contributed by atoms with E-state index in [4.69, 9.17) is 5.02 Å². The third kappa shape index (κ3) is 3.71. The van der Waals surface area contributed by atoms with Gasteiger partial charge in [0.1, 0.15) is 0 Å². The lowest BCUT2D eigenvalue weighted by Crippen LogP contribution is -2.16. The third-order valence-corrected chi connectivity index (χ3v) is 0.533. The molecular formula is C4H9BO3. The molecular weight excluding hydrogens is 107 g/mol. The zero-order chi connectivity index (χ0) is 6.41. The zero-order valence-corrected chi connectivity index (χ0v) is 5.00. The molecule has 0 aliphatic rings. The fraction of sp³-hybridized carbons (Fsp3) is 0.500. The van der Waals surface area contributed by atoms with Crippen LogP contribution >= 0.6 is 0 Å². The smallest absolute Gasteiger partial charge is 0.519 e. The molecule has 0 bridgehead atoms. The van der Waals surface area contributed by atoms with Crippen molar-refractivity contribution in [3.8, 4) is 0 Å². The SMILES string of the molecule is CC=COB(O)OC. The van der Waals surface area contributed by atoms with Gasteiger partial charge in [0.05, 0.1) is 6.26 Å². The molecule has 0 spiro atoms. The van der Waals surface area contributed by atoms with Crippen molar-refractivity contribution in [3.63, 3.8) is 0 Å². The maximum Gasteiger partial charge on any atom is 0.709 e. The Morgan fingerprint density at radius 1 is 1.62 bits per heavy atom. The number of hydrogen-bond acceptors (Lipinski definition) is 3. The lowest BCUT2D eigenvalue weighted by molar-refractivity contribution is 0.214. The number of hydrogen-bond donors (Lipinski definition) is 1. The van der Waals surface area contributed by atoms with E-state index in [9.17, 15) is 0 Å². The van der Waals surface area contributed by atoms with E-state index in [-0.39, 0.29) is 0 Å². The van der Waals surface area contributed by atoms with Crippen molar-refractivity contribution in [1.29, 1.82) is 0 Å². The van der Waals surface area contributed by atoms with Crippen molar-refractivity contribution in [2.45, 2.75) is 6.92 Å². The van der Waals surface area contributed by atoms with Gasteiger partial charge in [0, 0.05) is 7.11 Å². The van der Waals surface area contributed by atoms with E-state index in [1.54, 1.807) is 13.0 Å². The number of allylic oxidation sites excluding steroid dienone is 1. The monoisotopic (exact) mass is 116 g/mol. The summed E-state index contributed by atoms with van der Waals surface area (Å²) < 4.78 is 8.83. The van der Waals surface area contributed by atoms with Crippen LogP contribution in [0.4, 0.5) is 0 Å². The maximum atomic E-state index is 8.49. The molecule has 0 saturated heterocycles. The average Bonchev–Trinajstić information content (AvgIpc) is 1.83. The molecule has 0 atom stereocenters. The summed E-state index contributed by atoms with van der Waals surface area (Å²) in [5, 5.41) is 8.49. The summed E-state index contributed by atoms with van der Waals surface area (Å²) in [6, 6.07) is 0. The van der Waals surface area contributed by atoms with E-state index in [0.29, 0.717) is 0 Å². The quantitative estimate of drug-likeness (QED) is 0.421. The van der Waals surface area contributed by atoms with Crippen molar-refractivity contribution < 1.29 is 14.3 Å². The summed E-state index contributed by atoms with van der Waals surface area (Å²) >= 11 is 0. The molecule has 0 rings (SSSR count). The predicted octanol–water partition coefficient (Wildman–Crippen LogP) is 0.160. The topological polar surface area (TPSA) is 38.7 Å². The standard InChI is InChI=1S/C4H9BO3/c1-3-4-8-5(6)7-2/h3-4,6H,1-2H3. The molecule has 3 nitrogen and oxygen atoms in total. The van der Waals surface area contributed by atoms with Gasteiger partial charge >= 0.3 is 7.32 Å². The Balaban J connectivity index is 3.10. The van der Waals surface area contributed by atoms with Crippen LogP contribution in [0.15, 0.2) is 12.3 Å². The highest BCUT2D eigenvalue weighted by Crippen LogP contribution is 1.81. The van der Waals surface area contributed by atoms with Gasteiger partial charge in [-0.15, -0.1) is 0 Å². The Morgan fingerprint density at radius 2 is 2.25 bits per heavy atom. The van der Waals surface area contributed by atoms with Crippen LogP contribution in [0.25, 0.3) is 0 Å². The van der Waals surface area contributed by atoms with Gasteiger partial charge in [0.25, 0.3) is 0 Å². The Morgan fingerprint density at radius 3 is 2.62 bits per heavy atom. The van der Waals surface area contributed by atoms with Gasteiger partial charge in [0.15, 0.2) is 0 Å². The molecule has 46 valence electrons. The second-order valence-electron chi connectivity index (χ2n) is 1.15. The van der Waals surface area contributed by atoms with E-state index in [2.05, 4.69) is 9.31 Å². The first-order valence-electron chi connectivity index (χ1n) is 2.28. The summed E-state index contributed by atoms with van der Waals surface area (Å²) in [5.41, 5.74) is 0. The van der Waals surface area contributed by atoms with Gasteiger partial charge in [-0.1, -0.05) is 6.08 Å². The fourth-order valence-electron chi connectivity index (χ4n) is 0.201. The summed E-state index contributed by atoms with van der Waals surface area (Å²) in [6.45, 7) is 1.78. The minimum absolute atomic E-state index is 1.13. The highest BCUT2D eigenvalue weighted by Gasteiger charge is 2.10. The van der Waals surface area contributed by atoms with E-state index < -0.39 is 7.32 Å². The van der Waals surface area contributed by atoms with Crippen LogP contribution < -0.4 is 0 Å². The predicted molar refractivity (Wildman–Crippen MR) is 30.9 cm³/mol. The van der Waals surface area contributed by atoms with Gasteiger partial charge in [-0.3, -0.25) is 0 Å². The van der Waals surface area contributed by atoms with Crippen LogP contribution in [-0.4, -0.2) is 19.5 Å².